The Morgan fingerprint density at radius 2 is 2.27 bits per heavy atom. The molecule has 80 valence electrons. The molecule has 0 unspecified atom stereocenters. The molecule has 0 spiro atoms. The molecule has 0 amide bonds. The molecule has 2 aromatic heterocycles. The van der Waals surface area contributed by atoms with Crippen molar-refractivity contribution in [3.63, 3.8) is 0 Å². The summed E-state index contributed by atoms with van der Waals surface area (Å²) in [5.41, 5.74) is 0.819. The average molecular weight is 226 g/mol. The van der Waals surface area contributed by atoms with Gasteiger partial charge in [-0.2, -0.15) is 0 Å². The van der Waals surface area contributed by atoms with Gasteiger partial charge in [0.15, 0.2) is 0 Å². The minimum atomic E-state index is 0.418. The number of halogens is 1. The Morgan fingerprint density at radius 3 is 2.93 bits per heavy atom. The van der Waals surface area contributed by atoms with Crippen molar-refractivity contribution in [2.75, 3.05) is 0 Å². The summed E-state index contributed by atoms with van der Waals surface area (Å²) in [6, 6.07) is 0. The first kappa shape index (κ1) is 10.2. The van der Waals surface area contributed by atoms with Gasteiger partial charge in [0.1, 0.15) is 0 Å². The maximum Gasteiger partial charge on any atom is 0.0974 e. The number of nitrogens with zero attached hydrogens (tertiary/aromatic N) is 5. The molecule has 0 bridgehead atoms. The van der Waals surface area contributed by atoms with Crippen molar-refractivity contribution in [2.24, 2.45) is 0 Å². The Hall–Kier alpha value is -1.36. The predicted octanol–water partition coefficient (Wildman–Crippen LogP) is 1.30. The molecule has 0 aromatic carbocycles. The van der Waals surface area contributed by atoms with Gasteiger partial charge in [-0.1, -0.05) is 5.21 Å². The molecule has 2 aromatic rings. The van der Waals surface area contributed by atoms with Crippen LogP contribution in [0.25, 0.3) is 0 Å². The van der Waals surface area contributed by atoms with Crippen LogP contribution in [0.15, 0.2) is 24.9 Å². The summed E-state index contributed by atoms with van der Waals surface area (Å²) in [7, 11) is 0. The summed E-state index contributed by atoms with van der Waals surface area (Å²) in [6.07, 6.45) is 8.42. The van der Waals surface area contributed by atoms with Gasteiger partial charge >= 0.3 is 0 Å². The minimum Gasteiger partial charge on any atom is -0.337 e. The first-order valence-electron chi connectivity index (χ1n) is 4.79. The number of aromatic nitrogens is 5. The Labute approximate surface area is 92.7 Å². The lowest BCUT2D eigenvalue weighted by Gasteiger charge is -2.01. The quantitative estimate of drug-likeness (QED) is 0.721. The van der Waals surface area contributed by atoms with E-state index in [0.29, 0.717) is 5.88 Å². The van der Waals surface area contributed by atoms with Crippen molar-refractivity contribution in [3.8, 4) is 0 Å². The maximum absolute atomic E-state index is 5.63. The Kier molecular flexibility index (Phi) is 3.34. The summed E-state index contributed by atoms with van der Waals surface area (Å²) in [4.78, 5) is 3.98. The summed E-state index contributed by atoms with van der Waals surface area (Å²) in [5.74, 6) is 0.418. The highest BCUT2D eigenvalue weighted by atomic mass is 35.5. The Morgan fingerprint density at radius 1 is 1.33 bits per heavy atom. The van der Waals surface area contributed by atoms with Gasteiger partial charge in [-0.05, 0) is 6.42 Å². The van der Waals surface area contributed by atoms with E-state index in [1.165, 1.54) is 0 Å². The van der Waals surface area contributed by atoms with Crippen LogP contribution in [0.4, 0.5) is 0 Å². The highest BCUT2D eigenvalue weighted by Gasteiger charge is 1.98. The minimum absolute atomic E-state index is 0.418. The molecule has 0 aliphatic rings. The lowest BCUT2D eigenvalue weighted by atomic mass is 10.4. The number of hydrogen-bond donors (Lipinski definition) is 0. The normalized spacial score (nSPS) is 10.7. The van der Waals surface area contributed by atoms with E-state index in [1.54, 1.807) is 6.20 Å². The predicted molar refractivity (Wildman–Crippen MR) is 56.4 cm³/mol. The van der Waals surface area contributed by atoms with Crippen molar-refractivity contribution < 1.29 is 0 Å². The monoisotopic (exact) mass is 225 g/mol. The van der Waals surface area contributed by atoms with E-state index in [2.05, 4.69) is 15.3 Å². The molecular weight excluding hydrogens is 214 g/mol. The lowest BCUT2D eigenvalue weighted by Crippen LogP contribution is -2.03. The zero-order valence-corrected chi connectivity index (χ0v) is 9.01. The van der Waals surface area contributed by atoms with Gasteiger partial charge in [-0.15, -0.1) is 16.7 Å². The molecule has 0 saturated heterocycles. The van der Waals surface area contributed by atoms with E-state index in [1.807, 2.05) is 28.0 Å². The number of hydrogen-bond acceptors (Lipinski definition) is 3. The van der Waals surface area contributed by atoms with Gasteiger partial charge in [-0.3, -0.25) is 4.68 Å². The third-order valence-corrected chi connectivity index (χ3v) is 2.36. The summed E-state index contributed by atoms with van der Waals surface area (Å²) in [6.45, 7) is 1.79. The highest BCUT2D eigenvalue weighted by Crippen LogP contribution is 1.99. The van der Waals surface area contributed by atoms with Gasteiger partial charge in [0, 0.05) is 31.7 Å². The Bertz CT molecular complexity index is 394. The van der Waals surface area contributed by atoms with E-state index >= 15 is 0 Å². The van der Waals surface area contributed by atoms with Crippen LogP contribution in [0.5, 0.6) is 0 Å². The topological polar surface area (TPSA) is 48.5 Å². The number of rotatable bonds is 5. The molecule has 2 rings (SSSR count). The van der Waals surface area contributed by atoms with Gasteiger partial charge in [0.2, 0.25) is 0 Å². The van der Waals surface area contributed by atoms with Gasteiger partial charge in [0.25, 0.3) is 0 Å². The molecule has 0 aliphatic heterocycles. The third-order valence-electron chi connectivity index (χ3n) is 2.09. The van der Waals surface area contributed by atoms with E-state index in [9.17, 15) is 0 Å². The molecule has 6 heteroatoms. The van der Waals surface area contributed by atoms with E-state index in [4.69, 9.17) is 11.6 Å². The van der Waals surface area contributed by atoms with Crippen molar-refractivity contribution in [1.29, 1.82) is 0 Å². The fourth-order valence-corrected chi connectivity index (χ4v) is 1.47. The highest BCUT2D eigenvalue weighted by molar-refractivity contribution is 6.16. The molecular formula is C9H12ClN5. The second-order valence-corrected chi connectivity index (χ2v) is 3.53. The van der Waals surface area contributed by atoms with Gasteiger partial charge in [0.05, 0.1) is 17.9 Å². The Balaban J connectivity index is 1.78. The van der Waals surface area contributed by atoms with Crippen molar-refractivity contribution in [2.45, 2.75) is 25.4 Å². The first-order valence-corrected chi connectivity index (χ1v) is 5.32. The standard InChI is InChI=1S/C9H12ClN5/c10-6-9-7-15(13-12-9)4-1-3-14-5-2-11-8-14/h2,5,7-8H,1,3-4,6H2. The lowest BCUT2D eigenvalue weighted by molar-refractivity contribution is 0.514. The summed E-state index contributed by atoms with van der Waals surface area (Å²) in [5, 5.41) is 7.88. The largest absolute Gasteiger partial charge is 0.337 e. The fraction of sp³-hybridized carbons (Fsp3) is 0.444. The molecule has 2 heterocycles. The van der Waals surface area contributed by atoms with Crippen molar-refractivity contribution in [3.05, 3.63) is 30.6 Å². The maximum atomic E-state index is 5.63. The van der Waals surface area contributed by atoms with Crippen LogP contribution in [0.2, 0.25) is 0 Å². The fourth-order valence-electron chi connectivity index (χ4n) is 1.34. The van der Waals surface area contributed by atoms with Gasteiger partial charge < -0.3 is 4.57 Å². The van der Waals surface area contributed by atoms with Crippen LogP contribution in [-0.2, 0) is 19.0 Å². The summed E-state index contributed by atoms with van der Waals surface area (Å²) >= 11 is 5.63. The zero-order chi connectivity index (χ0) is 10.5. The van der Waals surface area contributed by atoms with E-state index in [0.717, 1.165) is 25.2 Å². The molecule has 15 heavy (non-hydrogen) atoms. The number of alkyl halides is 1. The van der Waals surface area contributed by atoms with Crippen molar-refractivity contribution >= 4 is 11.6 Å². The molecule has 0 N–H and O–H groups in total. The average Bonchev–Trinajstić information content (AvgIpc) is 2.88. The molecule has 0 radical (unpaired) electrons. The molecule has 0 atom stereocenters. The molecule has 0 fully saturated rings. The SMILES string of the molecule is ClCc1cn(CCCn2ccnc2)nn1. The van der Waals surface area contributed by atoms with E-state index in [-0.39, 0.29) is 0 Å². The second-order valence-electron chi connectivity index (χ2n) is 3.26. The van der Waals surface area contributed by atoms with Crippen LogP contribution in [0.1, 0.15) is 12.1 Å². The van der Waals surface area contributed by atoms with E-state index < -0.39 is 0 Å². The first-order chi connectivity index (χ1) is 7.38. The van der Waals surface area contributed by atoms with Crippen LogP contribution in [0.3, 0.4) is 0 Å². The zero-order valence-electron chi connectivity index (χ0n) is 8.25. The number of imidazole rings is 1. The van der Waals surface area contributed by atoms with Gasteiger partial charge in [-0.25, -0.2) is 4.98 Å². The number of aryl methyl sites for hydroxylation is 2. The van der Waals surface area contributed by atoms with Crippen LogP contribution >= 0.6 is 11.6 Å². The molecule has 5 nitrogen and oxygen atoms in total. The van der Waals surface area contributed by atoms with Crippen molar-refractivity contribution in [1.82, 2.24) is 24.5 Å². The molecule has 0 aliphatic carbocycles. The smallest absolute Gasteiger partial charge is 0.0974 e. The van der Waals surface area contributed by atoms with Crippen LogP contribution < -0.4 is 0 Å². The summed E-state index contributed by atoms with van der Waals surface area (Å²) < 4.78 is 3.86. The van der Waals surface area contributed by atoms with Crippen LogP contribution in [0, 0.1) is 0 Å². The third kappa shape index (κ3) is 2.79. The van der Waals surface area contributed by atoms with Crippen LogP contribution in [-0.4, -0.2) is 24.5 Å². The second kappa shape index (κ2) is 4.93. The molecule has 0 saturated carbocycles.